The van der Waals surface area contributed by atoms with Crippen LogP contribution >= 0.6 is 23.2 Å². The van der Waals surface area contributed by atoms with Crippen molar-refractivity contribution in [2.24, 2.45) is 0 Å². The molecule has 1 aliphatic heterocycles. The number of fused-ring (bicyclic) bond motifs is 1. The maximum Gasteiger partial charge on any atom is 0.411 e. The predicted octanol–water partition coefficient (Wildman–Crippen LogP) is 9.63. The van der Waals surface area contributed by atoms with Gasteiger partial charge < -0.3 is 19.3 Å². The van der Waals surface area contributed by atoms with Crippen LogP contribution in [-0.2, 0) is 11.5 Å². The van der Waals surface area contributed by atoms with E-state index in [0.717, 1.165) is 69.5 Å². The van der Waals surface area contributed by atoms with Gasteiger partial charge in [-0.05, 0) is 61.5 Å². The summed E-state index contributed by atoms with van der Waals surface area (Å²) in [6, 6.07) is 14.8. The van der Waals surface area contributed by atoms with Gasteiger partial charge in [0.15, 0.2) is 6.73 Å². The normalized spacial score (nSPS) is 13.6. The molecule has 0 spiro atoms. The van der Waals surface area contributed by atoms with Gasteiger partial charge in [0.25, 0.3) is 5.56 Å². The topological polar surface area (TPSA) is 67.2 Å². The molecule has 10 heteroatoms. The van der Waals surface area contributed by atoms with Gasteiger partial charge in [0.1, 0.15) is 5.75 Å². The van der Waals surface area contributed by atoms with Crippen molar-refractivity contribution in [2.45, 2.75) is 97.1 Å². The highest BCUT2D eigenvalue weighted by atomic mass is 35.5. The molecule has 0 saturated carbocycles. The quantitative estimate of drug-likeness (QED) is 0.102. The van der Waals surface area contributed by atoms with Gasteiger partial charge in [-0.2, -0.15) is 0 Å². The van der Waals surface area contributed by atoms with Crippen LogP contribution in [0.1, 0.15) is 90.4 Å². The molecule has 0 atom stereocenters. The summed E-state index contributed by atoms with van der Waals surface area (Å²) in [6.07, 6.45) is 15.4. The fourth-order valence-corrected chi connectivity index (χ4v) is 6.82. The van der Waals surface area contributed by atoms with Crippen LogP contribution in [0.5, 0.6) is 5.75 Å². The van der Waals surface area contributed by atoms with Crippen molar-refractivity contribution in [2.75, 3.05) is 57.8 Å². The van der Waals surface area contributed by atoms with Crippen LogP contribution in [0.3, 0.4) is 0 Å². The predicted molar refractivity (Wildman–Crippen MR) is 204 cm³/mol. The Morgan fingerprint density at radius 2 is 1.49 bits per heavy atom. The summed E-state index contributed by atoms with van der Waals surface area (Å²) in [5, 5.41) is 2.10. The van der Waals surface area contributed by atoms with Gasteiger partial charge in [-0.3, -0.25) is 14.3 Å². The number of anilines is 1. The van der Waals surface area contributed by atoms with Crippen LogP contribution in [-0.4, -0.2) is 73.4 Å². The number of hydrogen-bond acceptors (Lipinski definition) is 6. The molecule has 0 radical (unpaired) electrons. The lowest BCUT2D eigenvalue weighted by Gasteiger charge is -2.36. The molecule has 3 aromatic rings. The Hall–Kier alpha value is -2.94. The van der Waals surface area contributed by atoms with Gasteiger partial charge in [0.05, 0.1) is 27.9 Å². The fourth-order valence-electron chi connectivity index (χ4n) is 6.40. The number of piperazine rings is 1. The Balaban J connectivity index is 1.13. The van der Waals surface area contributed by atoms with Gasteiger partial charge in [-0.1, -0.05) is 100 Å². The standard InChI is InChI=1S/C39H56Cl2N4O4/c1-3-4-5-6-7-8-9-10-11-12-13-23-42(2)39(47)49-31-45-36-30-33(21-19-32(36)20-22-37(45)46)48-29-15-14-24-43-25-27-44(28-26-43)35-18-16-17-34(40)38(35)41/h16-22,30H,3-15,23-29,31H2,1-2H3. The smallest absolute Gasteiger partial charge is 0.411 e. The molecule has 8 nitrogen and oxygen atoms in total. The fraction of sp³-hybridized carbons (Fsp3) is 0.590. The van der Waals surface area contributed by atoms with Crippen molar-refractivity contribution in [3.8, 4) is 5.75 Å². The molecule has 1 aliphatic rings. The zero-order valence-electron chi connectivity index (χ0n) is 29.6. The number of halogens is 2. The van der Waals surface area contributed by atoms with Crippen molar-refractivity contribution in [3.63, 3.8) is 0 Å². The average molecular weight is 716 g/mol. The van der Waals surface area contributed by atoms with Gasteiger partial charge in [-0.25, -0.2) is 4.79 Å². The van der Waals surface area contributed by atoms with Crippen molar-refractivity contribution in [1.29, 1.82) is 0 Å². The van der Waals surface area contributed by atoms with Crippen LogP contribution < -0.4 is 15.2 Å². The van der Waals surface area contributed by atoms with Crippen LogP contribution in [0.15, 0.2) is 53.3 Å². The third kappa shape index (κ3) is 12.7. The monoisotopic (exact) mass is 714 g/mol. The maximum absolute atomic E-state index is 12.8. The summed E-state index contributed by atoms with van der Waals surface area (Å²) in [5.74, 6) is 0.693. The summed E-state index contributed by atoms with van der Waals surface area (Å²) >= 11 is 12.6. The molecular weight excluding hydrogens is 659 g/mol. The van der Waals surface area contributed by atoms with Crippen molar-refractivity contribution < 1.29 is 14.3 Å². The molecule has 0 bridgehead atoms. The van der Waals surface area contributed by atoms with E-state index in [4.69, 9.17) is 32.7 Å². The number of rotatable bonds is 21. The SMILES string of the molecule is CCCCCCCCCCCCCN(C)C(=O)OCn1c(=O)ccc2ccc(OCCCCN3CCN(c4cccc(Cl)c4Cl)CC3)cc21. The molecular formula is C39H56Cl2N4O4. The van der Waals surface area contributed by atoms with E-state index in [1.54, 1.807) is 18.0 Å². The summed E-state index contributed by atoms with van der Waals surface area (Å²) < 4.78 is 13.1. The number of hydrogen-bond donors (Lipinski definition) is 0. The first kappa shape index (κ1) is 38.9. The number of carbonyl (C=O) groups excluding carboxylic acids is 1. The highest BCUT2D eigenvalue weighted by Gasteiger charge is 2.19. The molecule has 2 heterocycles. The molecule has 1 amide bonds. The summed E-state index contributed by atoms with van der Waals surface area (Å²) in [5.41, 5.74) is 1.47. The minimum Gasteiger partial charge on any atom is -0.494 e. The molecule has 49 heavy (non-hydrogen) atoms. The molecule has 0 N–H and O–H groups in total. The second kappa shape index (κ2) is 21.3. The molecule has 0 aliphatic carbocycles. The van der Waals surface area contributed by atoms with E-state index in [-0.39, 0.29) is 12.3 Å². The van der Waals surface area contributed by atoms with E-state index in [1.807, 2.05) is 36.4 Å². The van der Waals surface area contributed by atoms with Gasteiger partial charge in [0.2, 0.25) is 0 Å². The van der Waals surface area contributed by atoms with Crippen molar-refractivity contribution in [3.05, 3.63) is 68.9 Å². The third-order valence-electron chi connectivity index (χ3n) is 9.47. The number of nitrogens with zero attached hydrogens (tertiary/aromatic N) is 4. The van der Waals surface area contributed by atoms with E-state index < -0.39 is 6.09 Å². The molecule has 4 rings (SSSR count). The number of benzene rings is 2. The van der Waals surface area contributed by atoms with Gasteiger partial charge in [-0.15, -0.1) is 0 Å². The number of ether oxygens (including phenoxy) is 2. The molecule has 1 aromatic heterocycles. The number of aromatic nitrogens is 1. The van der Waals surface area contributed by atoms with Gasteiger partial charge in [0, 0.05) is 51.9 Å². The van der Waals surface area contributed by atoms with E-state index in [1.165, 1.54) is 68.4 Å². The molecule has 0 unspecified atom stereocenters. The largest absolute Gasteiger partial charge is 0.494 e. The van der Waals surface area contributed by atoms with Crippen LogP contribution in [0, 0.1) is 0 Å². The highest BCUT2D eigenvalue weighted by Crippen LogP contribution is 2.33. The Kier molecular flexibility index (Phi) is 16.9. The lowest BCUT2D eigenvalue weighted by molar-refractivity contribution is 0.0827. The van der Waals surface area contributed by atoms with Crippen LogP contribution in [0.2, 0.25) is 10.0 Å². The molecule has 1 fully saturated rings. The zero-order chi connectivity index (χ0) is 34.8. The van der Waals surface area contributed by atoms with Gasteiger partial charge >= 0.3 is 6.09 Å². The van der Waals surface area contributed by atoms with Crippen molar-refractivity contribution in [1.82, 2.24) is 14.4 Å². The van der Waals surface area contributed by atoms with Crippen molar-refractivity contribution >= 4 is 45.9 Å². The number of unbranched alkanes of at least 4 members (excludes halogenated alkanes) is 11. The lowest BCUT2D eigenvalue weighted by Crippen LogP contribution is -2.46. The molecule has 1 saturated heterocycles. The summed E-state index contributed by atoms with van der Waals surface area (Å²) in [4.78, 5) is 31.9. The van der Waals surface area contributed by atoms with E-state index >= 15 is 0 Å². The van der Waals surface area contributed by atoms with E-state index in [9.17, 15) is 9.59 Å². The first-order valence-corrected chi connectivity index (χ1v) is 19.2. The first-order valence-electron chi connectivity index (χ1n) is 18.4. The van der Waals surface area contributed by atoms with E-state index in [0.29, 0.717) is 34.5 Å². The Labute approximate surface area is 303 Å². The molecule has 270 valence electrons. The summed E-state index contributed by atoms with van der Waals surface area (Å²) in [7, 11) is 1.76. The minimum absolute atomic E-state index is 0.141. The number of pyridine rings is 1. The summed E-state index contributed by atoms with van der Waals surface area (Å²) in [6.45, 7) is 8.14. The van der Waals surface area contributed by atoms with E-state index in [2.05, 4.69) is 16.7 Å². The highest BCUT2D eigenvalue weighted by molar-refractivity contribution is 6.43. The number of amides is 1. The third-order valence-corrected chi connectivity index (χ3v) is 10.3. The Bertz CT molecular complexity index is 1490. The zero-order valence-corrected chi connectivity index (χ0v) is 31.2. The van der Waals surface area contributed by atoms with Crippen LogP contribution in [0.25, 0.3) is 10.9 Å². The second-order valence-electron chi connectivity index (χ2n) is 13.3. The minimum atomic E-state index is -0.418. The Morgan fingerprint density at radius 3 is 2.20 bits per heavy atom. The van der Waals surface area contributed by atoms with Crippen LogP contribution in [0.4, 0.5) is 10.5 Å². The number of carbonyl (C=O) groups is 1. The first-order chi connectivity index (χ1) is 23.9. The molecule has 2 aromatic carbocycles. The maximum atomic E-state index is 12.8. The lowest BCUT2D eigenvalue weighted by atomic mass is 10.1. The second-order valence-corrected chi connectivity index (χ2v) is 14.1. The Morgan fingerprint density at radius 1 is 0.816 bits per heavy atom. The average Bonchev–Trinajstić information content (AvgIpc) is 3.11.